The lowest BCUT2D eigenvalue weighted by molar-refractivity contribution is 0.0878. The summed E-state index contributed by atoms with van der Waals surface area (Å²) in [7, 11) is -0.450. The molecule has 2 rings (SSSR count). The second-order valence-electron chi connectivity index (χ2n) is 3.97. The Kier molecular flexibility index (Phi) is 4.03. The number of aryl methyl sites for hydroxylation is 1. The molecule has 0 bridgehead atoms. The van der Waals surface area contributed by atoms with Gasteiger partial charge in [0.25, 0.3) is 10.0 Å². The van der Waals surface area contributed by atoms with Crippen molar-refractivity contribution in [2.45, 2.75) is 11.1 Å². The Morgan fingerprint density at radius 3 is 2.89 bits per heavy atom. The molecule has 0 saturated heterocycles. The highest BCUT2D eigenvalue weighted by atomic mass is 32.2. The molecule has 0 aliphatic rings. The van der Waals surface area contributed by atoms with E-state index in [1.165, 1.54) is 25.9 Å². The van der Waals surface area contributed by atoms with E-state index in [2.05, 4.69) is 9.71 Å². The number of aromatic nitrogens is 2. The van der Waals surface area contributed by atoms with Crippen LogP contribution in [0.5, 0.6) is 0 Å². The number of methoxy groups -OCH3 is 1. The van der Waals surface area contributed by atoms with Crippen LogP contribution in [0.1, 0.15) is 11.9 Å². The van der Waals surface area contributed by atoms with Crippen molar-refractivity contribution in [2.24, 2.45) is 7.05 Å². The largest absolute Gasteiger partial charge is 0.467 e. The fourth-order valence-electron chi connectivity index (χ4n) is 1.56. The summed E-state index contributed by atoms with van der Waals surface area (Å²) in [6.45, 7) is 0.0723. The van der Waals surface area contributed by atoms with Crippen LogP contribution < -0.4 is 4.72 Å². The summed E-state index contributed by atoms with van der Waals surface area (Å²) in [4.78, 5) is 3.80. The molecule has 2 heterocycles. The fraction of sp³-hybridized carbons (Fsp3) is 0.364. The third-order valence-corrected chi connectivity index (χ3v) is 3.87. The van der Waals surface area contributed by atoms with Crippen LogP contribution in [-0.2, 0) is 21.8 Å². The fourth-order valence-corrected chi connectivity index (χ4v) is 2.57. The molecule has 0 aliphatic carbocycles. The Hall–Kier alpha value is -1.64. The van der Waals surface area contributed by atoms with Gasteiger partial charge in [0.05, 0.1) is 12.6 Å². The quantitative estimate of drug-likeness (QED) is 0.843. The first kappa shape index (κ1) is 13.8. The van der Waals surface area contributed by atoms with Crippen molar-refractivity contribution in [1.29, 1.82) is 0 Å². The average molecular weight is 285 g/mol. The molecule has 0 aromatic carbocycles. The van der Waals surface area contributed by atoms with Gasteiger partial charge in [-0.15, -0.1) is 0 Å². The number of hydrogen-bond acceptors (Lipinski definition) is 5. The third-order valence-electron chi connectivity index (χ3n) is 2.56. The van der Waals surface area contributed by atoms with Crippen molar-refractivity contribution in [3.63, 3.8) is 0 Å². The van der Waals surface area contributed by atoms with Gasteiger partial charge in [-0.3, -0.25) is 0 Å². The van der Waals surface area contributed by atoms with E-state index < -0.39 is 16.1 Å². The van der Waals surface area contributed by atoms with Gasteiger partial charge in [0.15, 0.2) is 5.03 Å². The summed E-state index contributed by atoms with van der Waals surface area (Å²) in [5.41, 5.74) is 0. The molecule has 2 aromatic rings. The first-order chi connectivity index (χ1) is 9.03. The molecule has 0 aliphatic heterocycles. The van der Waals surface area contributed by atoms with Crippen LogP contribution in [-0.4, -0.2) is 31.6 Å². The summed E-state index contributed by atoms with van der Waals surface area (Å²) in [6.07, 6.45) is 3.88. The minimum absolute atomic E-state index is 0.0238. The lowest BCUT2D eigenvalue weighted by atomic mass is 10.3. The summed E-state index contributed by atoms with van der Waals surface area (Å²) >= 11 is 0. The first-order valence-corrected chi connectivity index (χ1v) is 7.05. The normalized spacial score (nSPS) is 13.6. The Labute approximate surface area is 111 Å². The number of ether oxygens (including phenoxy) is 1. The Balaban J connectivity index is 2.05. The molecule has 8 heteroatoms. The maximum atomic E-state index is 12.0. The van der Waals surface area contributed by atoms with Crippen LogP contribution in [0.4, 0.5) is 0 Å². The summed E-state index contributed by atoms with van der Waals surface area (Å²) in [5, 5.41) is -0.0238. The second kappa shape index (κ2) is 5.55. The summed E-state index contributed by atoms with van der Waals surface area (Å²) in [6, 6.07) is 3.44. The molecule has 0 radical (unpaired) electrons. The third kappa shape index (κ3) is 3.22. The van der Waals surface area contributed by atoms with Crippen molar-refractivity contribution in [3.05, 3.63) is 36.7 Å². The molecule has 7 nitrogen and oxygen atoms in total. The van der Waals surface area contributed by atoms with Gasteiger partial charge in [-0.05, 0) is 12.1 Å². The zero-order valence-corrected chi connectivity index (χ0v) is 11.4. The van der Waals surface area contributed by atoms with Crippen LogP contribution in [0.2, 0.25) is 0 Å². The van der Waals surface area contributed by atoms with Gasteiger partial charge < -0.3 is 13.7 Å². The van der Waals surface area contributed by atoms with E-state index in [-0.39, 0.29) is 11.6 Å². The molecule has 0 amide bonds. The summed E-state index contributed by atoms with van der Waals surface area (Å²) in [5.74, 6) is 0.561. The number of nitrogens with one attached hydrogen (secondary N) is 1. The predicted octanol–water partition coefficient (Wildman–Crippen LogP) is 0.679. The second-order valence-corrected chi connectivity index (χ2v) is 5.68. The van der Waals surface area contributed by atoms with E-state index in [9.17, 15) is 8.42 Å². The van der Waals surface area contributed by atoms with Gasteiger partial charge >= 0.3 is 0 Å². The van der Waals surface area contributed by atoms with Crippen LogP contribution in [0.3, 0.4) is 0 Å². The number of sulfonamides is 1. The van der Waals surface area contributed by atoms with Crippen molar-refractivity contribution >= 4 is 10.0 Å². The highest BCUT2D eigenvalue weighted by Gasteiger charge is 2.21. The molecule has 19 heavy (non-hydrogen) atoms. The maximum Gasteiger partial charge on any atom is 0.259 e. The Morgan fingerprint density at radius 1 is 1.58 bits per heavy atom. The van der Waals surface area contributed by atoms with E-state index in [1.807, 2.05) is 0 Å². The zero-order valence-electron chi connectivity index (χ0n) is 10.6. The Morgan fingerprint density at radius 2 is 2.37 bits per heavy atom. The van der Waals surface area contributed by atoms with Crippen molar-refractivity contribution < 1.29 is 17.6 Å². The minimum atomic E-state index is -3.64. The van der Waals surface area contributed by atoms with E-state index in [4.69, 9.17) is 9.15 Å². The van der Waals surface area contributed by atoms with Crippen molar-refractivity contribution in [3.8, 4) is 0 Å². The van der Waals surface area contributed by atoms with Gasteiger partial charge in [-0.1, -0.05) is 0 Å². The topological polar surface area (TPSA) is 86.4 Å². The number of rotatable bonds is 6. The van der Waals surface area contributed by atoms with Crippen LogP contribution in [0.25, 0.3) is 0 Å². The number of hydrogen-bond donors (Lipinski definition) is 1. The molecule has 0 spiro atoms. The van der Waals surface area contributed by atoms with E-state index in [1.54, 1.807) is 23.7 Å². The van der Waals surface area contributed by atoms with Crippen molar-refractivity contribution in [1.82, 2.24) is 14.3 Å². The van der Waals surface area contributed by atoms with Crippen LogP contribution >= 0.6 is 0 Å². The predicted molar refractivity (Wildman–Crippen MR) is 66.9 cm³/mol. The Bertz CT molecular complexity index is 618. The van der Waals surface area contributed by atoms with Crippen LogP contribution in [0, 0.1) is 0 Å². The molecular weight excluding hydrogens is 270 g/mol. The van der Waals surface area contributed by atoms with E-state index >= 15 is 0 Å². The molecule has 2 aromatic heterocycles. The molecule has 1 unspecified atom stereocenters. The van der Waals surface area contributed by atoms with Gasteiger partial charge in [0.2, 0.25) is 0 Å². The maximum absolute atomic E-state index is 12.0. The molecular formula is C11H15N3O4S. The molecule has 0 fully saturated rings. The number of imidazole rings is 1. The zero-order chi connectivity index (χ0) is 13.9. The van der Waals surface area contributed by atoms with Crippen LogP contribution in [0.15, 0.2) is 40.4 Å². The van der Waals surface area contributed by atoms with Gasteiger partial charge in [-0.2, -0.15) is 0 Å². The smallest absolute Gasteiger partial charge is 0.259 e. The lowest BCUT2D eigenvalue weighted by Crippen LogP contribution is -2.29. The number of nitrogens with zero attached hydrogens (tertiary/aromatic N) is 2. The van der Waals surface area contributed by atoms with Crippen molar-refractivity contribution in [2.75, 3.05) is 13.7 Å². The summed E-state index contributed by atoms with van der Waals surface area (Å²) < 4.78 is 38.3. The minimum Gasteiger partial charge on any atom is -0.467 e. The SMILES string of the molecule is COC(CNS(=O)(=O)c1cn(C)cn1)c1ccco1. The average Bonchev–Trinajstić information content (AvgIpc) is 3.01. The highest BCUT2D eigenvalue weighted by Crippen LogP contribution is 2.16. The van der Waals surface area contributed by atoms with Gasteiger partial charge in [0.1, 0.15) is 11.9 Å². The standard InChI is InChI=1S/C11H15N3O4S/c1-14-7-11(12-8-14)19(15,16)13-6-10(17-2)9-4-3-5-18-9/h3-5,7-8,10,13H,6H2,1-2H3. The monoisotopic (exact) mass is 285 g/mol. The molecule has 0 saturated carbocycles. The molecule has 1 atom stereocenters. The highest BCUT2D eigenvalue weighted by molar-refractivity contribution is 7.89. The molecule has 104 valence electrons. The van der Waals surface area contributed by atoms with E-state index in [0.29, 0.717) is 5.76 Å². The van der Waals surface area contributed by atoms with Gasteiger partial charge in [0, 0.05) is 26.9 Å². The van der Waals surface area contributed by atoms with Gasteiger partial charge in [-0.25, -0.2) is 18.1 Å². The number of furan rings is 1. The first-order valence-electron chi connectivity index (χ1n) is 5.57. The lowest BCUT2D eigenvalue weighted by Gasteiger charge is -2.13. The molecule has 1 N–H and O–H groups in total. The van der Waals surface area contributed by atoms with E-state index in [0.717, 1.165) is 0 Å².